The highest BCUT2D eigenvalue weighted by Crippen LogP contribution is 2.24. The van der Waals surface area contributed by atoms with Gasteiger partial charge in [0.05, 0.1) is 6.10 Å². The Hall–Kier alpha value is -3.14. The van der Waals surface area contributed by atoms with Gasteiger partial charge in [-0.1, -0.05) is 11.6 Å². The first-order valence-corrected chi connectivity index (χ1v) is 12.0. The molecule has 0 aromatic heterocycles. The van der Waals surface area contributed by atoms with Gasteiger partial charge in [-0.15, -0.1) is 0 Å². The van der Waals surface area contributed by atoms with Gasteiger partial charge in [-0.3, -0.25) is 9.59 Å². The van der Waals surface area contributed by atoms with Crippen molar-refractivity contribution >= 4 is 40.8 Å². The number of carbonyl (C=O) groups excluding carboxylic acids is 3. The van der Waals surface area contributed by atoms with Crippen LogP contribution in [0.5, 0.6) is 0 Å². The Bertz CT molecular complexity index is 1060. The number of rotatable bonds is 6. The lowest BCUT2D eigenvalue weighted by Crippen LogP contribution is -2.45. The highest BCUT2D eigenvalue weighted by Gasteiger charge is 2.40. The van der Waals surface area contributed by atoms with Gasteiger partial charge >= 0.3 is 6.03 Å². The second-order valence-corrected chi connectivity index (χ2v) is 9.23. The summed E-state index contributed by atoms with van der Waals surface area (Å²) in [6.07, 6.45) is 1.07. The summed E-state index contributed by atoms with van der Waals surface area (Å²) in [5, 5.41) is 9.44. The average Bonchev–Trinajstić information content (AvgIpc) is 3.53. The molecule has 3 N–H and O–H groups in total. The van der Waals surface area contributed by atoms with E-state index in [1.807, 2.05) is 11.9 Å². The van der Waals surface area contributed by atoms with Crippen molar-refractivity contribution in [3.63, 3.8) is 0 Å². The number of benzene rings is 2. The fourth-order valence-corrected chi connectivity index (χ4v) is 4.58. The third-order valence-electron chi connectivity index (χ3n) is 6.54. The third-order valence-corrected chi connectivity index (χ3v) is 6.79. The maximum Gasteiger partial charge on any atom is 0.322 e. The zero-order valence-electron chi connectivity index (χ0n) is 19.8. The standard InChI is InChI=1S/C25H30ClN5O4/c1-27-20-11-12-30(14-20)24(33)16-3-7-18(8-4-16)28-23(32)22-13-21(35-2)15-31(22)25(34)29-19-9-5-17(26)6-10-19/h3-10,20-22,27H,11-15H2,1-2H3,(H,28,32)(H,29,34)/t20?,21-,22-/m1/s1. The number of likely N-dealkylation sites (N-methyl/N-ethyl adjacent to an activating group) is 1. The SMILES string of the molecule is CNC1CCN(C(=O)c2ccc(NC(=O)[C@H]3C[C@@H](OC)CN3C(=O)Nc3ccc(Cl)cc3)cc2)C1. The van der Waals surface area contributed by atoms with Crippen LogP contribution in [0.25, 0.3) is 0 Å². The second-order valence-electron chi connectivity index (χ2n) is 8.79. The summed E-state index contributed by atoms with van der Waals surface area (Å²) in [6.45, 7) is 1.70. The summed E-state index contributed by atoms with van der Waals surface area (Å²) >= 11 is 5.91. The van der Waals surface area contributed by atoms with Gasteiger partial charge in [0.2, 0.25) is 5.91 Å². The lowest BCUT2D eigenvalue weighted by molar-refractivity contribution is -0.119. The fourth-order valence-electron chi connectivity index (χ4n) is 4.45. The van der Waals surface area contributed by atoms with Crippen molar-refractivity contribution < 1.29 is 19.1 Å². The van der Waals surface area contributed by atoms with Crippen molar-refractivity contribution in [3.8, 4) is 0 Å². The molecule has 0 spiro atoms. The number of ether oxygens (including phenoxy) is 1. The Balaban J connectivity index is 1.39. The van der Waals surface area contributed by atoms with Gasteiger partial charge in [-0.05, 0) is 62.0 Å². The van der Waals surface area contributed by atoms with Gasteiger partial charge in [0, 0.05) is 61.2 Å². The van der Waals surface area contributed by atoms with E-state index in [0.717, 1.165) is 13.0 Å². The molecule has 4 rings (SSSR count). The Morgan fingerprint density at radius 2 is 1.63 bits per heavy atom. The van der Waals surface area contributed by atoms with Gasteiger partial charge in [-0.2, -0.15) is 0 Å². The number of hydrogen-bond acceptors (Lipinski definition) is 5. The number of anilines is 2. The molecule has 3 atom stereocenters. The van der Waals surface area contributed by atoms with Crippen LogP contribution in [0.2, 0.25) is 5.02 Å². The lowest BCUT2D eigenvalue weighted by atomic mass is 10.1. The molecule has 9 nitrogen and oxygen atoms in total. The maximum atomic E-state index is 13.1. The van der Waals surface area contributed by atoms with Crippen LogP contribution in [0, 0.1) is 0 Å². The molecule has 0 radical (unpaired) electrons. The topological polar surface area (TPSA) is 103 Å². The molecule has 10 heteroatoms. The highest BCUT2D eigenvalue weighted by molar-refractivity contribution is 6.30. The van der Waals surface area contributed by atoms with E-state index in [4.69, 9.17) is 16.3 Å². The first-order valence-electron chi connectivity index (χ1n) is 11.6. The van der Waals surface area contributed by atoms with Gasteiger partial charge in [-0.25, -0.2) is 4.79 Å². The van der Waals surface area contributed by atoms with E-state index in [-0.39, 0.29) is 17.9 Å². The van der Waals surface area contributed by atoms with Gasteiger partial charge < -0.3 is 30.5 Å². The minimum Gasteiger partial charge on any atom is -0.380 e. The summed E-state index contributed by atoms with van der Waals surface area (Å²) in [5.41, 5.74) is 1.71. The number of carbonyl (C=O) groups is 3. The van der Waals surface area contributed by atoms with Crippen LogP contribution in [0.15, 0.2) is 48.5 Å². The predicted octanol–water partition coefficient (Wildman–Crippen LogP) is 3.03. The molecule has 0 aliphatic carbocycles. The van der Waals surface area contributed by atoms with Crippen LogP contribution < -0.4 is 16.0 Å². The minimum absolute atomic E-state index is 0.0237. The van der Waals surface area contributed by atoms with Crippen LogP contribution in [0.1, 0.15) is 23.2 Å². The quantitative estimate of drug-likeness (QED) is 0.567. The number of urea groups is 1. The first-order chi connectivity index (χ1) is 16.9. The Kier molecular flexibility index (Phi) is 7.90. The highest BCUT2D eigenvalue weighted by atomic mass is 35.5. The van der Waals surface area contributed by atoms with E-state index >= 15 is 0 Å². The second kappa shape index (κ2) is 11.1. The number of amides is 4. The molecule has 2 aliphatic rings. The van der Waals surface area contributed by atoms with Gasteiger partial charge in [0.1, 0.15) is 6.04 Å². The Morgan fingerprint density at radius 1 is 0.971 bits per heavy atom. The van der Waals surface area contributed by atoms with Crippen molar-refractivity contribution in [2.45, 2.75) is 31.0 Å². The van der Waals surface area contributed by atoms with E-state index in [2.05, 4.69) is 16.0 Å². The molecule has 1 unspecified atom stereocenters. The van der Waals surface area contributed by atoms with Crippen molar-refractivity contribution in [1.82, 2.24) is 15.1 Å². The largest absolute Gasteiger partial charge is 0.380 e. The number of hydrogen-bond donors (Lipinski definition) is 3. The van der Waals surface area contributed by atoms with Crippen LogP contribution in [-0.2, 0) is 9.53 Å². The molecule has 0 bridgehead atoms. The van der Waals surface area contributed by atoms with Gasteiger partial charge in [0.25, 0.3) is 5.91 Å². The molecule has 2 aromatic carbocycles. The van der Waals surface area contributed by atoms with Crippen LogP contribution in [-0.4, -0.2) is 79.6 Å². The molecule has 2 heterocycles. The smallest absolute Gasteiger partial charge is 0.322 e. The molecular formula is C25H30ClN5O4. The summed E-state index contributed by atoms with van der Waals surface area (Å²) in [7, 11) is 3.47. The summed E-state index contributed by atoms with van der Waals surface area (Å²) < 4.78 is 5.43. The molecule has 2 saturated heterocycles. The molecule has 186 valence electrons. The van der Waals surface area contributed by atoms with Crippen LogP contribution in [0.4, 0.5) is 16.2 Å². The first kappa shape index (κ1) is 25.0. The van der Waals surface area contributed by atoms with Crippen molar-refractivity contribution in [2.24, 2.45) is 0 Å². The molecular weight excluding hydrogens is 470 g/mol. The van der Waals surface area contributed by atoms with Crippen molar-refractivity contribution in [3.05, 3.63) is 59.1 Å². The number of methoxy groups -OCH3 is 1. The minimum atomic E-state index is -0.698. The van der Waals surface area contributed by atoms with E-state index < -0.39 is 12.1 Å². The van der Waals surface area contributed by atoms with Crippen molar-refractivity contribution in [1.29, 1.82) is 0 Å². The van der Waals surface area contributed by atoms with E-state index in [0.29, 0.717) is 47.5 Å². The average molecular weight is 500 g/mol. The number of likely N-dealkylation sites (tertiary alicyclic amines) is 2. The lowest BCUT2D eigenvalue weighted by Gasteiger charge is -2.24. The number of halogens is 1. The van der Waals surface area contributed by atoms with Crippen LogP contribution >= 0.6 is 11.6 Å². The van der Waals surface area contributed by atoms with Crippen molar-refractivity contribution in [2.75, 3.05) is 44.4 Å². The van der Waals surface area contributed by atoms with Crippen LogP contribution in [0.3, 0.4) is 0 Å². The van der Waals surface area contributed by atoms with E-state index in [9.17, 15) is 14.4 Å². The van der Waals surface area contributed by atoms with E-state index in [1.54, 1.807) is 55.6 Å². The van der Waals surface area contributed by atoms with Gasteiger partial charge in [0.15, 0.2) is 0 Å². The Labute approximate surface area is 209 Å². The fraction of sp³-hybridized carbons (Fsp3) is 0.400. The molecule has 0 saturated carbocycles. The zero-order valence-corrected chi connectivity index (χ0v) is 20.5. The molecule has 35 heavy (non-hydrogen) atoms. The molecule has 2 aliphatic heterocycles. The molecule has 2 fully saturated rings. The maximum absolute atomic E-state index is 13.1. The summed E-state index contributed by atoms with van der Waals surface area (Å²) in [4.78, 5) is 42.1. The summed E-state index contributed by atoms with van der Waals surface area (Å²) in [6, 6.07) is 12.8. The summed E-state index contributed by atoms with van der Waals surface area (Å²) in [5.74, 6) is -0.337. The monoisotopic (exact) mass is 499 g/mol. The third kappa shape index (κ3) is 5.93. The van der Waals surface area contributed by atoms with E-state index in [1.165, 1.54) is 4.90 Å². The predicted molar refractivity (Wildman–Crippen MR) is 135 cm³/mol. The zero-order chi connectivity index (χ0) is 24.9. The Morgan fingerprint density at radius 3 is 2.26 bits per heavy atom. The number of nitrogens with zero attached hydrogens (tertiary/aromatic N) is 2. The normalized spacial score (nSPS) is 21.7. The number of nitrogens with one attached hydrogen (secondary N) is 3. The molecule has 2 aromatic rings. The molecule has 4 amide bonds.